The minimum Gasteiger partial charge on any atom is -0.147 e. The summed E-state index contributed by atoms with van der Waals surface area (Å²) in [6.07, 6.45) is 16.8. The van der Waals surface area contributed by atoms with Gasteiger partial charge < -0.3 is 0 Å². The molecule has 0 aromatic heterocycles. The van der Waals surface area contributed by atoms with Crippen molar-refractivity contribution in [2.24, 2.45) is 0 Å². The predicted molar refractivity (Wildman–Crippen MR) is 84.4 cm³/mol. The van der Waals surface area contributed by atoms with Crippen molar-refractivity contribution in [2.75, 3.05) is 0 Å². The van der Waals surface area contributed by atoms with Crippen molar-refractivity contribution < 1.29 is 19.2 Å². The molecule has 4 heteroatoms. The molecule has 0 saturated heterocycles. The maximum atomic E-state index is 3.12. The second kappa shape index (κ2) is 15.5. The van der Waals surface area contributed by atoms with Crippen molar-refractivity contribution in [1.29, 1.82) is 0 Å². The van der Waals surface area contributed by atoms with Crippen LogP contribution in [-0.4, -0.2) is 6.19 Å². The Morgan fingerprint density at radius 1 is 0.944 bits per heavy atom. The van der Waals surface area contributed by atoms with E-state index >= 15 is 0 Å². The number of rotatable bonds is 0. The quantitative estimate of drug-likeness (QED) is 0.430. The van der Waals surface area contributed by atoms with E-state index < -0.39 is 0 Å². The third kappa shape index (κ3) is 18.8. The molecule has 0 aromatic rings. The fourth-order valence-corrected chi connectivity index (χ4v) is 1.03. The van der Waals surface area contributed by atoms with Gasteiger partial charge in [0.05, 0.1) is 0 Å². The van der Waals surface area contributed by atoms with Crippen LogP contribution in [0.2, 0.25) is 13.1 Å². The largest absolute Gasteiger partial charge is 0.147 e. The van der Waals surface area contributed by atoms with E-state index in [2.05, 4.69) is 82.6 Å². The Kier molecular flexibility index (Phi) is 20.3. The molecular formula is C14H22Cl2SiTi. The Labute approximate surface area is 137 Å². The molecule has 0 atom stereocenters. The summed E-state index contributed by atoms with van der Waals surface area (Å²) >= 11 is 2.27. The fraction of sp³-hybridized carbons (Fsp3) is 0.429. The first-order valence-corrected chi connectivity index (χ1v) is 10.4. The Morgan fingerprint density at radius 2 is 1.22 bits per heavy atom. The van der Waals surface area contributed by atoms with Gasteiger partial charge in [-0.25, -0.2) is 23.3 Å². The van der Waals surface area contributed by atoms with E-state index in [-0.39, 0.29) is 31.0 Å². The first-order valence-electron chi connectivity index (χ1n) is 5.52. The van der Waals surface area contributed by atoms with Crippen LogP contribution in [0.15, 0.2) is 35.5 Å². The zero-order chi connectivity index (χ0) is 12.4. The molecular weight excluding hydrogens is 315 g/mol. The molecule has 0 radical (unpaired) electrons. The van der Waals surface area contributed by atoms with Gasteiger partial charge in [0.25, 0.3) is 0 Å². The zero-order valence-corrected chi connectivity index (χ0v) is 15.7. The van der Waals surface area contributed by atoms with E-state index in [0.29, 0.717) is 0 Å². The van der Waals surface area contributed by atoms with E-state index in [0.717, 1.165) is 12.8 Å². The first kappa shape index (κ1) is 23.6. The van der Waals surface area contributed by atoms with Crippen LogP contribution in [0.1, 0.15) is 26.7 Å². The minimum absolute atomic E-state index is 0. The van der Waals surface area contributed by atoms with Crippen LogP contribution in [-0.2, 0) is 19.2 Å². The fourth-order valence-electron chi connectivity index (χ4n) is 1.03. The summed E-state index contributed by atoms with van der Waals surface area (Å²) in [5, 5.41) is 0. The summed E-state index contributed by atoms with van der Waals surface area (Å²) < 4.78 is 0. The average molecular weight is 337 g/mol. The van der Waals surface area contributed by atoms with Crippen molar-refractivity contribution in [3.63, 3.8) is 0 Å². The molecule has 2 rings (SSSR count). The molecule has 2 aliphatic carbocycles. The van der Waals surface area contributed by atoms with Crippen LogP contribution < -0.4 is 0 Å². The van der Waals surface area contributed by atoms with Crippen molar-refractivity contribution in [3.8, 4) is 0 Å². The maximum absolute atomic E-state index is 3.12. The molecule has 2 aliphatic rings. The summed E-state index contributed by atoms with van der Waals surface area (Å²) in [6.45, 7) is 8.66. The molecule has 0 heterocycles. The van der Waals surface area contributed by atoms with Gasteiger partial charge in [-0.3, -0.25) is 12.2 Å². The topological polar surface area (TPSA) is 0 Å². The summed E-state index contributed by atoms with van der Waals surface area (Å²) in [6, 6.07) is 0. The summed E-state index contributed by atoms with van der Waals surface area (Å²) in [5.74, 6) is 0. The van der Waals surface area contributed by atoms with Gasteiger partial charge in [-0.05, 0) is 0 Å². The molecule has 0 aliphatic heterocycles. The van der Waals surface area contributed by atoms with E-state index in [1.165, 1.54) is 11.1 Å². The normalized spacial score (nSPS) is 13.9. The summed E-state index contributed by atoms with van der Waals surface area (Å²) in [4.78, 5) is 0. The van der Waals surface area contributed by atoms with Crippen molar-refractivity contribution in [1.82, 2.24) is 0 Å². The second-order valence-electron chi connectivity index (χ2n) is 3.93. The minimum atomic E-state index is 0. The summed E-state index contributed by atoms with van der Waals surface area (Å²) in [5.41, 5.74) is 2.55. The van der Waals surface area contributed by atoms with Crippen molar-refractivity contribution in [2.45, 2.75) is 39.8 Å². The molecule has 0 nitrogen and oxygen atoms in total. The van der Waals surface area contributed by atoms with Gasteiger partial charge in [-0.2, -0.15) is 12.2 Å². The van der Waals surface area contributed by atoms with Gasteiger partial charge in [0, 0.05) is 0 Å². The molecule has 0 N–H and O–H groups in total. The third-order valence-electron chi connectivity index (χ3n) is 1.73. The summed E-state index contributed by atoms with van der Waals surface area (Å²) in [7, 11) is 0. The van der Waals surface area contributed by atoms with Crippen molar-refractivity contribution >= 4 is 31.0 Å². The number of halogens is 2. The second-order valence-corrected chi connectivity index (χ2v) is 10.6. The van der Waals surface area contributed by atoms with Gasteiger partial charge in [0.2, 0.25) is 0 Å². The van der Waals surface area contributed by atoms with Crippen molar-refractivity contribution in [3.05, 3.63) is 47.6 Å². The Balaban J connectivity index is -0.000000182. The molecule has 0 bridgehead atoms. The Bertz CT molecular complexity index is 304. The molecule has 100 valence electrons. The Hall–Kier alpha value is 0.471. The van der Waals surface area contributed by atoms with Crippen LogP contribution in [0.5, 0.6) is 0 Å². The van der Waals surface area contributed by atoms with E-state index in [4.69, 9.17) is 0 Å². The van der Waals surface area contributed by atoms with E-state index in [1.54, 1.807) is 0 Å². The molecule has 0 saturated carbocycles. The molecule has 18 heavy (non-hydrogen) atoms. The zero-order valence-electron chi connectivity index (χ0n) is 11.5. The van der Waals surface area contributed by atoms with Crippen LogP contribution in [0.3, 0.4) is 0 Å². The van der Waals surface area contributed by atoms with Crippen LogP contribution in [0.4, 0.5) is 0 Å². The molecule has 0 aromatic carbocycles. The maximum Gasteiger partial charge on any atom is -0.147 e. The van der Waals surface area contributed by atoms with Gasteiger partial charge in [-0.15, -0.1) is 37.7 Å². The SMILES string of the molecule is CC1=[C-]CC=C1.CC1=[C-]CC=C1.C[Si](C)=[Ti+2].Cl.Cl. The number of allylic oxidation sites excluding steroid dienone is 8. The Morgan fingerprint density at radius 3 is 1.28 bits per heavy atom. The number of hydrogen-bond donors (Lipinski definition) is 0. The smallest absolute Gasteiger partial charge is 0.147 e. The molecule has 0 spiro atoms. The predicted octanol–water partition coefficient (Wildman–Crippen LogP) is 5.02. The molecule has 0 amide bonds. The first-order chi connectivity index (χ1) is 7.52. The standard InChI is InChI=1S/2C6H7.C2H6Si.2ClH.Ti/c2*1-6-4-2-3-5-6;1-3-2;;;/h2*2,4H,3H2,1H3;1-2H3;2*1H;/q2*-1;;;;+2. The number of hydrogen-bond acceptors (Lipinski definition) is 0. The molecule has 0 fully saturated rings. The monoisotopic (exact) mass is 336 g/mol. The van der Waals surface area contributed by atoms with E-state index in [1.807, 2.05) is 0 Å². The third-order valence-corrected chi connectivity index (χ3v) is 1.73. The van der Waals surface area contributed by atoms with Gasteiger partial charge in [0.1, 0.15) is 0 Å². The van der Waals surface area contributed by atoms with Crippen LogP contribution in [0.25, 0.3) is 0 Å². The van der Waals surface area contributed by atoms with E-state index in [9.17, 15) is 0 Å². The van der Waals surface area contributed by atoms with Crippen LogP contribution >= 0.6 is 24.8 Å². The molecule has 0 unspecified atom stereocenters. The van der Waals surface area contributed by atoms with Gasteiger partial charge in [0.15, 0.2) is 0 Å². The van der Waals surface area contributed by atoms with Crippen LogP contribution in [0, 0.1) is 12.2 Å². The van der Waals surface area contributed by atoms with Gasteiger partial charge >= 0.3 is 38.5 Å². The van der Waals surface area contributed by atoms with Gasteiger partial charge in [-0.1, -0.05) is 13.8 Å². The average Bonchev–Trinajstić information content (AvgIpc) is 2.78.